The normalized spacial score (nSPS) is 25.8. The van der Waals surface area contributed by atoms with Crippen molar-refractivity contribution in [2.75, 3.05) is 31.1 Å². The lowest BCUT2D eigenvalue weighted by atomic mass is 9.80. The molecule has 29 heavy (non-hydrogen) atoms. The maximum atomic E-state index is 14.2. The molecule has 2 saturated heterocycles. The van der Waals surface area contributed by atoms with Gasteiger partial charge < -0.3 is 14.5 Å². The molecular formula is C23H24F2N2O2. The molecule has 6 heteroatoms. The van der Waals surface area contributed by atoms with Crippen LogP contribution in [0, 0.1) is 11.6 Å². The Hall–Kier alpha value is -2.47. The van der Waals surface area contributed by atoms with E-state index in [4.69, 9.17) is 4.74 Å². The van der Waals surface area contributed by atoms with Crippen LogP contribution in [-0.2, 0) is 21.5 Å². The molecule has 3 aliphatic heterocycles. The molecule has 0 aromatic heterocycles. The monoisotopic (exact) mass is 398 g/mol. The smallest absolute Gasteiger partial charge is 0.251 e. The number of anilines is 1. The first-order valence-corrected chi connectivity index (χ1v) is 10.2. The summed E-state index contributed by atoms with van der Waals surface area (Å²) in [7, 11) is 0. The van der Waals surface area contributed by atoms with Crippen LogP contribution in [0.1, 0.15) is 30.4 Å². The Balaban J connectivity index is 1.40. The van der Waals surface area contributed by atoms with E-state index in [1.165, 1.54) is 12.1 Å². The van der Waals surface area contributed by atoms with Crippen molar-refractivity contribution in [3.8, 4) is 0 Å². The molecule has 3 aliphatic rings. The van der Waals surface area contributed by atoms with Gasteiger partial charge in [0.15, 0.2) is 0 Å². The van der Waals surface area contributed by atoms with E-state index in [1.54, 1.807) is 0 Å². The molecule has 2 atom stereocenters. The summed E-state index contributed by atoms with van der Waals surface area (Å²) in [5.74, 6) is -1.01. The molecule has 2 fully saturated rings. The number of benzene rings is 2. The van der Waals surface area contributed by atoms with Gasteiger partial charge in [-0.05, 0) is 37.0 Å². The van der Waals surface area contributed by atoms with Crippen molar-refractivity contribution in [2.24, 2.45) is 0 Å². The number of amides is 1. The predicted octanol–water partition coefficient (Wildman–Crippen LogP) is 3.63. The number of carbonyl (C=O) groups is 1. The SMILES string of the molecule is O=C(C1CC2(CO1)CN(Cc1ccc(F)cc1F)c1ccccc12)N1CCCC1. The van der Waals surface area contributed by atoms with E-state index >= 15 is 0 Å². The summed E-state index contributed by atoms with van der Waals surface area (Å²) in [6, 6.07) is 11.8. The van der Waals surface area contributed by atoms with E-state index in [2.05, 4.69) is 11.0 Å². The second-order valence-corrected chi connectivity index (χ2v) is 8.43. The lowest BCUT2D eigenvalue weighted by Gasteiger charge is -2.25. The quantitative estimate of drug-likeness (QED) is 0.792. The first kappa shape index (κ1) is 18.6. The molecule has 3 heterocycles. The van der Waals surface area contributed by atoms with Crippen molar-refractivity contribution in [1.82, 2.24) is 4.90 Å². The van der Waals surface area contributed by atoms with E-state index < -0.39 is 17.7 Å². The Morgan fingerprint density at radius 1 is 1.14 bits per heavy atom. The average Bonchev–Trinajstić information content (AvgIpc) is 3.45. The van der Waals surface area contributed by atoms with E-state index in [-0.39, 0.29) is 11.3 Å². The van der Waals surface area contributed by atoms with Crippen molar-refractivity contribution in [2.45, 2.75) is 37.3 Å². The third kappa shape index (κ3) is 3.19. The van der Waals surface area contributed by atoms with Gasteiger partial charge in [0.1, 0.15) is 17.7 Å². The molecule has 0 aliphatic carbocycles. The topological polar surface area (TPSA) is 32.8 Å². The molecule has 2 aromatic rings. The summed E-state index contributed by atoms with van der Waals surface area (Å²) in [5.41, 5.74) is 2.38. The van der Waals surface area contributed by atoms with Crippen LogP contribution in [0.5, 0.6) is 0 Å². The Kier molecular flexibility index (Phi) is 4.54. The average molecular weight is 398 g/mol. The summed E-state index contributed by atoms with van der Waals surface area (Å²) in [6.07, 6.45) is 2.35. The standard InChI is InChI=1S/C23H24F2N2O2/c24-17-8-7-16(19(25)11-17)13-27-14-23(18-5-1-2-6-20(18)27)12-21(29-15-23)22(28)26-9-3-4-10-26/h1-2,5-8,11,21H,3-4,9-10,12-15H2. The summed E-state index contributed by atoms with van der Waals surface area (Å²) in [4.78, 5) is 16.9. The largest absolute Gasteiger partial charge is 0.367 e. The van der Waals surface area contributed by atoms with Crippen molar-refractivity contribution in [3.05, 3.63) is 65.2 Å². The minimum absolute atomic E-state index is 0.0971. The fourth-order valence-corrected chi connectivity index (χ4v) is 5.06. The Labute approximate surface area is 169 Å². The summed E-state index contributed by atoms with van der Waals surface area (Å²) in [6.45, 7) is 3.13. The van der Waals surface area contributed by atoms with Gasteiger partial charge >= 0.3 is 0 Å². The van der Waals surface area contributed by atoms with Crippen LogP contribution in [0.2, 0.25) is 0 Å². The molecule has 0 N–H and O–H groups in total. The van der Waals surface area contributed by atoms with Gasteiger partial charge in [-0.15, -0.1) is 0 Å². The van der Waals surface area contributed by atoms with Crippen molar-refractivity contribution in [1.29, 1.82) is 0 Å². The molecule has 152 valence electrons. The van der Waals surface area contributed by atoms with Gasteiger partial charge in [-0.1, -0.05) is 24.3 Å². The number of nitrogens with zero attached hydrogens (tertiary/aromatic N) is 2. The summed E-state index contributed by atoms with van der Waals surface area (Å²) < 4.78 is 33.5. The first-order chi connectivity index (χ1) is 14.1. The van der Waals surface area contributed by atoms with Gasteiger partial charge in [0.2, 0.25) is 0 Å². The fourth-order valence-electron chi connectivity index (χ4n) is 5.06. The number of ether oxygens (including phenoxy) is 1. The van der Waals surface area contributed by atoms with Crippen LogP contribution in [0.3, 0.4) is 0 Å². The fraction of sp³-hybridized carbons (Fsp3) is 0.435. The molecule has 5 rings (SSSR count). The van der Waals surface area contributed by atoms with Crippen LogP contribution in [0.15, 0.2) is 42.5 Å². The zero-order chi connectivity index (χ0) is 20.0. The van der Waals surface area contributed by atoms with Gasteiger partial charge in [-0.3, -0.25) is 4.79 Å². The van der Waals surface area contributed by atoms with Crippen LogP contribution < -0.4 is 4.90 Å². The highest BCUT2D eigenvalue weighted by Gasteiger charge is 2.51. The lowest BCUT2D eigenvalue weighted by Crippen LogP contribution is -2.38. The number of hydrogen-bond acceptors (Lipinski definition) is 3. The number of halogens is 2. The lowest BCUT2D eigenvalue weighted by molar-refractivity contribution is -0.139. The maximum Gasteiger partial charge on any atom is 0.251 e. The Bertz CT molecular complexity index is 944. The number of rotatable bonds is 3. The number of hydrogen-bond donors (Lipinski definition) is 0. The number of carbonyl (C=O) groups excluding carboxylic acids is 1. The third-order valence-corrected chi connectivity index (χ3v) is 6.52. The Morgan fingerprint density at radius 2 is 1.93 bits per heavy atom. The zero-order valence-electron chi connectivity index (χ0n) is 16.2. The maximum absolute atomic E-state index is 14.2. The number of fused-ring (bicyclic) bond motifs is 2. The minimum Gasteiger partial charge on any atom is -0.367 e. The van der Waals surface area contributed by atoms with Crippen molar-refractivity contribution in [3.63, 3.8) is 0 Å². The first-order valence-electron chi connectivity index (χ1n) is 10.2. The predicted molar refractivity (Wildman–Crippen MR) is 106 cm³/mol. The third-order valence-electron chi connectivity index (χ3n) is 6.52. The van der Waals surface area contributed by atoms with Gasteiger partial charge in [0, 0.05) is 48.9 Å². The minimum atomic E-state index is -0.572. The van der Waals surface area contributed by atoms with Crippen molar-refractivity contribution < 1.29 is 18.3 Å². The highest BCUT2D eigenvalue weighted by atomic mass is 19.1. The van der Waals surface area contributed by atoms with Crippen molar-refractivity contribution >= 4 is 11.6 Å². The second kappa shape index (κ2) is 7.10. The van der Waals surface area contributed by atoms with E-state index in [9.17, 15) is 13.6 Å². The molecular weight excluding hydrogens is 374 g/mol. The molecule has 4 nitrogen and oxygen atoms in total. The molecule has 1 spiro atoms. The van der Waals surface area contributed by atoms with Gasteiger partial charge in [-0.2, -0.15) is 0 Å². The summed E-state index contributed by atoms with van der Waals surface area (Å²) in [5, 5.41) is 0. The molecule has 0 saturated carbocycles. The van der Waals surface area contributed by atoms with Crippen LogP contribution in [0.25, 0.3) is 0 Å². The van der Waals surface area contributed by atoms with Gasteiger partial charge in [-0.25, -0.2) is 8.78 Å². The van der Waals surface area contributed by atoms with Gasteiger partial charge in [0.25, 0.3) is 5.91 Å². The molecule has 0 radical (unpaired) electrons. The van der Waals surface area contributed by atoms with Crippen LogP contribution in [0.4, 0.5) is 14.5 Å². The molecule has 2 aromatic carbocycles. The molecule has 1 amide bonds. The Morgan fingerprint density at radius 3 is 2.72 bits per heavy atom. The highest BCUT2D eigenvalue weighted by Crippen LogP contribution is 2.48. The van der Waals surface area contributed by atoms with E-state index in [0.717, 1.165) is 43.2 Å². The second-order valence-electron chi connectivity index (χ2n) is 8.43. The van der Waals surface area contributed by atoms with Gasteiger partial charge in [0.05, 0.1) is 6.61 Å². The zero-order valence-corrected chi connectivity index (χ0v) is 16.2. The number of likely N-dealkylation sites (tertiary alicyclic amines) is 1. The van der Waals surface area contributed by atoms with E-state index in [1.807, 2.05) is 23.1 Å². The number of para-hydroxylation sites is 1. The highest BCUT2D eigenvalue weighted by molar-refractivity contribution is 5.82. The van der Waals surface area contributed by atoms with Crippen LogP contribution in [-0.4, -0.2) is 43.2 Å². The molecule has 2 unspecified atom stereocenters. The summed E-state index contributed by atoms with van der Waals surface area (Å²) >= 11 is 0. The van der Waals surface area contributed by atoms with Crippen LogP contribution >= 0.6 is 0 Å². The van der Waals surface area contributed by atoms with E-state index in [0.29, 0.717) is 31.7 Å². The molecule has 0 bridgehead atoms.